The Morgan fingerprint density at radius 2 is 1.80 bits per heavy atom. The highest BCUT2D eigenvalue weighted by molar-refractivity contribution is 6.00. The molecule has 1 saturated heterocycles. The average molecular weight is 549 g/mol. The monoisotopic (exact) mass is 548 g/mol. The lowest BCUT2D eigenvalue weighted by Gasteiger charge is -2.30. The Morgan fingerprint density at radius 1 is 1.00 bits per heavy atom. The minimum Gasteiger partial charge on any atom is -0.497 e. The number of hydrogen-bond donors (Lipinski definition) is 1. The number of methoxy groups -OCH3 is 1. The topological polar surface area (TPSA) is 89.2 Å². The number of H-pyrrole nitrogens is 1. The predicted octanol–water partition coefficient (Wildman–Crippen LogP) is 4.93. The molecule has 2 aliphatic rings. The maximum Gasteiger partial charge on any atom is 0.273 e. The van der Waals surface area contributed by atoms with Crippen LogP contribution in [0.25, 0.3) is 11.3 Å². The Balaban J connectivity index is 1.49. The van der Waals surface area contributed by atoms with Crippen LogP contribution >= 0.6 is 0 Å². The third-order valence-electron chi connectivity index (χ3n) is 7.54. The number of unbranched alkanes of at least 4 members (excludes halogenated alkanes) is 1. The summed E-state index contributed by atoms with van der Waals surface area (Å²) in [6.07, 6.45) is 2.91. The standard InChI is InChI=1S/C31H40N4O5/c1-4-6-18-40-25-13-10-23(21-26(25)39-5-2)30-27-28(22-8-11-24(37-3)12-9-22)32-33-29(27)31(36)35(30)15-7-14-34-16-19-38-20-17-34/h8-13,21,30H,4-7,14-20H2,1-3H3,(H,32,33). The third-order valence-corrected chi connectivity index (χ3v) is 7.54. The Bertz CT molecular complexity index is 1270. The van der Waals surface area contributed by atoms with Gasteiger partial charge in [-0.3, -0.25) is 14.8 Å². The van der Waals surface area contributed by atoms with Crippen LogP contribution in [-0.4, -0.2) is 85.6 Å². The highest BCUT2D eigenvalue weighted by Crippen LogP contribution is 2.44. The molecular weight excluding hydrogens is 508 g/mol. The van der Waals surface area contributed by atoms with E-state index in [-0.39, 0.29) is 11.9 Å². The number of fused-ring (bicyclic) bond motifs is 1. The molecule has 3 aromatic rings. The molecule has 0 radical (unpaired) electrons. The van der Waals surface area contributed by atoms with E-state index in [9.17, 15) is 4.79 Å². The lowest BCUT2D eigenvalue weighted by Crippen LogP contribution is -2.38. The van der Waals surface area contributed by atoms with Crippen LogP contribution in [0.3, 0.4) is 0 Å². The van der Waals surface area contributed by atoms with Gasteiger partial charge in [0.2, 0.25) is 0 Å². The summed E-state index contributed by atoms with van der Waals surface area (Å²) in [4.78, 5) is 18.2. The van der Waals surface area contributed by atoms with Crippen molar-refractivity contribution in [2.75, 3.05) is 59.7 Å². The molecule has 1 N–H and O–H groups in total. The molecule has 1 aromatic heterocycles. The molecule has 2 aromatic carbocycles. The van der Waals surface area contributed by atoms with E-state index in [2.05, 4.69) is 28.1 Å². The molecule has 40 heavy (non-hydrogen) atoms. The molecule has 1 fully saturated rings. The zero-order valence-electron chi connectivity index (χ0n) is 23.8. The summed E-state index contributed by atoms with van der Waals surface area (Å²) >= 11 is 0. The molecule has 1 amide bonds. The molecule has 0 bridgehead atoms. The number of morpholine rings is 1. The number of carbonyl (C=O) groups excluding carboxylic acids is 1. The molecule has 9 heteroatoms. The number of rotatable bonds is 13. The molecule has 214 valence electrons. The van der Waals surface area contributed by atoms with Gasteiger partial charge < -0.3 is 23.8 Å². The number of nitrogens with one attached hydrogen (secondary N) is 1. The molecule has 2 aliphatic heterocycles. The highest BCUT2D eigenvalue weighted by atomic mass is 16.5. The van der Waals surface area contributed by atoms with Crippen molar-refractivity contribution in [3.8, 4) is 28.5 Å². The van der Waals surface area contributed by atoms with E-state index in [0.717, 1.165) is 86.0 Å². The number of carbonyl (C=O) groups is 1. The fraction of sp³-hybridized carbons (Fsp3) is 0.484. The van der Waals surface area contributed by atoms with Crippen LogP contribution in [0, 0.1) is 0 Å². The van der Waals surface area contributed by atoms with Gasteiger partial charge in [0.25, 0.3) is 5.91 Å². The first-order valence-corrected chi connectivity index (χ1v) is 14.4. The second kappa shape index (κ2) is 13.2. The van der Waals surface area contributed by atoms with E-state index in [1.165, 1.54) is 0 Å². The molecule has 3 heterocycles. The largest absolute Gasteiger partial charge is 0.497 e. The fourth-order valence-corrected chi connectivity index (χ4v) is 5.44. The van der Waals surface area contributed by atoms with E-state index in [0.29, 0.717) is 31.2 Å². The van der Waals surface area contributed by atoms with Gasteiger partial charge in [-0.25, -0.2) is 0 Å². The van der Waals surface area contributed by atoms with Crippen LogP contribution in [0.1, 0.15) is 60.8 Å². The van der Waals surface area contributed by atoms with Gasteiger partial charge in [0, 0.05) is 37.3 Å². The summed E-state index contributed by atoms with van der Waals surface area (Å²) in [5, 5.41) is 7.68. The average Bonchev–Trinajstić information content (AvgIpc) is 3.53. The fourth-order valence-electron chi connectivity index (χ4n) is 5.44. The van der Waals surface area contributed by atoms with Crippen molar-refractivity contribution in [3.63, 3.8) is 0 Å². The van der Waals surface area contributed by atoms with Gasteiger partial charge in [0.05, 0.1) is 45.3 Å². The second-order valence-corrected chi connectivity index (χ2v) is 10.1. The lowest BCUT2D eigenvalue weighted by atomic mass is 9.95. The number of amides is 1. The number of hydrogen-bond acceptors (Lipinski definition) is 7. The summed E-state index contributed by atoms with van der Waals surface area (Å²) in [6.45, 7) is 10.2. The van der Waals surface area contributed by atoms with Gasteiger partial charge in [0.15, 0.2) is 11.5 Å². The lowest BCUT2D eigenvalue weighted by molar-refractivity contribution is 0.0354. The first-order valence-electron chi connectivity index (χ1n) is 14.4. The maximum atomic E-state index is 13.8. The second-order valence-electron chi connectivity index (χ2n) is 10.1. The van der Waals surface area contributed by atoms with Gasteiger partial charge in [0.1, 0.15) is 11.4 Å². The molecule has 0 aliphatic carbocycles. The highest BCUT2D eigenvalue weighted by Gasteiger charge is 2.42. The Hall–Kier alpha value is -3.56. The van der Waals surface area contributed by atoms with Crippen molar-refractivity contribution >= 4 is 5.91 Å². The van der Waals surface area contributed by atoms with Crippen molar-refractivity contribution < 1.29 is 23.7 Å². The summed E-state index contributed by atoms with van der Waals surface area (Å²) in [5.74, 6) is 2.16. The van der Waals surface area contributed by atoms with E-state index in [1.54, 1.807) is 7.11 Å². The number of benzene rings is 2. The van der Waals surface area contributed by atoms with Crippen LogP contribution in [0.4, 0.5) is 0 Å². The van der Waals surface area contributed by atoms with Crippen molar-refractivity contribution in [3.05, 3.63) is 59.3 Å². The Kier molecular flexibility index (Phi) is 9.23. The predicted molar refractivity (Wildman–Crippen MR) is 153 cm³/mol. The zero-order valence-corrected chi connectivity index (χ0v) is 23.8. The maximum absolute atomic E-state index is 13.8. The molecular formula is C31H40N4O5. The molecule has 1 atom stereocenters. The quantitative estimate of drug-likeness (QED) is 0.303. The zero-order chi connectivity index (χ0) is 27.9. The number of aromatic amines is 1. The minimum atomic E-state index is -0.299. The third kappa shape index (κ3) is 5.95. The van der Waals surface area contributed by atoms with Crippen molar-refractivity contribution in [1.82, 2.24) is 20.0 Å². The molecule has 5 rings (SSSR count). The van der Waals surface area contributed by atoms with Crippen molar-refractivity contribution in [2.24, 2.45) is 0 Å². The van der Waals surface area contributed by atoms with Crippen LogP contribution in [-0.2, 0) is 4.74 Å². The normalized spacial score (nSPS) is 17.2. The summed E-state index contributed by atoms with van der Waals surface area (Å²) in [7, 11) is 1.65. The van der Waals surface area contributed by atoms with Gasteiger partial charge in [-0.2, -0.15) is 5.10 Å². The van der Waals surface area contributed by atoms with Crippen molar-refractivity contribution in [2.45, 2.75) is 39.2 Å². The van der Waals surface area contributed by atoms with Gasteiger partial charge in [-0.15, -0.1) is 0 Å². The molecule has 0 saturated carbocycles. The van der Waals surface area contributed by atoms with Gasteiger partial charge in [-0.05, 0) is 61.7 Å². The summed E-state index contributed by atoms with van der Waals surface area (Å²) in [5.41, 5.74) is 4.11. The van der Waals surface area contributed by atoms with Crippen LogP contribution in [0.5, 0.6) is 17.2 Å². The van der Waals surface area contributed by atoms with Gasteiger partial charge in [-0.1, -0.05) is 19.4 Å². The smallest absolute Gasteiger partial charge is 0.273 e. The first-order chi connectivity index (χ1) is 19.6. The molecule has 1 unspecified atom stereocenters. The number of aromatic nitrogens is 2. The van der Waals surface area contributed by atoms with Crippen molar-refractivity contribution in [1.29, 1.82) is 0 Å². The summed E-state index contributed by atoms with van der Waals surface area (Å²) < 4.78 is 22.9. The minimum absolute atomic E-state index is 0.0320. The van der Waals surface area contributed by atoms with E-state index in [1.807, 2.05) is 48.2 Å². The number of nitrogens with zero attached hydrogens (tertiary/aromatic N) is 3. The van der Waals surface area contributed by atoms with Crippen LogP contribution in [0.2, 0.25) is 0 Å². The SMILES string of the molecule is CCCCOc1ccc(C2c3c(-c4ccc(OC)cc4)n[nH]c3C(=O)N2CCCN2CCOCC2)cc1OCC. The Morgan fingerprint density at radius 3 is 2.52 bits per heavy atom. The molecule has 0 spiro atoms. The first kappa shape index (κ1) is 28.0. The van der Waals surface area contributed by atoms with E-state index < -0.39 is 0 Å². The van der Waals surface area contributed by atoms with E-state index >= 15 is 0 Å². The van der Waals surface area contributed by atoms with Crippen LogP contribution < -0.4 is 14.2 Å². The molecule has 9 nitrogen and oxygen atoms in total. The summed E-state index contributed by atoms with van der Waals surface area (Å²) in [6, 6.07) is 13.5. The van der Waals surface area contributed by atoms with E-state index in [4.69, 9.17) is 18.9 Å². The Labute approximate surface area is 236 Å². The van der Waals surface area contributed by atoms with Gasteiger partial charge >= 0.3 is 0 Å². The number of ether oxygens (including phenoxy) is 4. The van der Waals surface area contributed by atoms with Crippen LogP contribution in [0.15, 0.2) is 42.5 Å².